The van der Waals surface area contributed by atoms with E-state index in [0.717, 1.165) is 22.0 Å². The van der Waals surface area contributed by atoms with Crippen LogP contribution >= 0.6 is 0 Å². The first kappa shape index (κ1) is 31.5. The van der Waals surface area contributed by atoms with Gasteiger partial charge < -0.3 is 41.4 Å². The number of carboxylic acids is 1. The molecular weight excluding hydrogens is 580 g/mol. The highest BCUT2D eigenvalue weighted by Gasteiger charge is 2.41. The predicted molar refractivity (Wildman–Crippen MR) is 164 cm³/mol. The van der Waals surface area contributed by atoms with Gasteiger partial charge in [-0.1, -0.05) is 30.3 Å². The van der Waals surface area contributed by atoms with Gasteiger partial charge in [0.2, 0.25) is 23.6 Å². The SMILES string of the molecule is N[C@@H](Cc1ccc(O)cc1)C(=O)N1CCC[C@H]1C(=O)N[C@@H](Cc1c[nH]c2ccccc12)C(=O)N1CCC[C@H]1C(=O)NCC(=O)O. The van der Waals surface area contributed by atoms with Crippen LogP contribution in [0.15, 0.2) is 54.7 Å². The number of aromatic nitrogens is 1. The molecule has 0 unspecified atom stereocenters. The summed E-state index contributed by atoms with van der Waals surface area (Å²) < 4.78 is 0. The molecule has 45 heavy (non-hydrogen) atoms. The highest BCUT2D eigenvalue weighted by Crippen LogP contribution is 2.24. The summed E-state index contributed by atoms with van der Waals surface area (Å²) in [6.45, 7) is 0.0664. The molecule has 2 aliphatic heterocycles. The molecule has 3 aromatic rings. The molecule has 2 saturated heterocycles. The van der Waals surface area contributed by atoms with Crippen molar-refractivity contribution in [1.29, 1.82) is 0 Å². The molecule has 2 fully saturated rings. The van der Waals surface area contributed by atoms with Crippen molar-refractivity contribution < 1.29 is 34.2 Å². The number of nitrogens with zero attached hydrogens (tertiary/aromatic N) is 2. The van der Waals surface area contributed by atoms with Crippen LogP contribution in [0.1, 0.15) is 36.8 Å². The van der Waals surface area contributed by atoms with E-state index in [1.54, 1.807) is 18.3 Å². The molecule has 0 saturated carbocycles. The van der Waals surface area contributed by atoms with E-state index in [9.17, 15) is 29.1 Å². The number of carboxylic acid groups (broad SMARTS) is 1. The third kappa shape index (κ3) is 7.26. The molecule has 13 heteroatoms. The van der Waals surface area contributed by atoms with Crippen LogP contribution in [-0.2, 0) is 36.8 Å². The Balaban J connectivity index is 1.34. The quantitative estimate of drug-likeness (QED) is 0.180. The van der Waals surface area contributed by atoms with Crippen molar-refractivity contribution in [2.75, 3.05) is 19.6 Å². The zero-order valence-electron chi connectivity index (χ0n) is 24.8. The second kappa shape index (κ2) is 13.8. The van der Waals surface area contributed by atoms with Crippen LogP contribution in [0.5, 0.6) is 5.75 Å². The molecule has 13 nitrogen and oxygen atoms in total. The van der Waals surface area contributed by atoms with E-state index >= 15 is 0 Å². The molecule has 2 aliphatic rings. The Bertz CT molecular complexity index is 1570. The van der Waals surface area contributed by atoms with Crippen LogP contribution in [-0.4, -0.2) is 98.4 Å². The van der Waals surface area contributed by atoms with Gasteiger partial charge in [-0.3, -0.25) is 24.0 Å². The number of carbonyl (C=O) groups is 5. The van der Waals surface area contributed by atoms with Crippen molar-refractivity contribution >= 4 is 40.5 Å². The average molecular weight is 619 g/mol. The third-order valence-corrected chi connectivity index (χ3v) is 8.51. The Hall–Kier alpha value is -4.91. The topological polar surface area (TPSA) is 198 Å². The molecule has 1 aromatic heterocycles. The minimum Gasteiger partial charge on any atom is -0.508 e. The average Bonchev–Trinajstić information content (AvgIpc) is 3.80. The van der Waals surface area contributed by atoms with Crippen molar-refractivity contribution in [2.45, 2.75) is 62.7 Å². The molecule has 0 aliphatic carbocycles. The fourth-order valence-corrected chi connectivity index (χ4v) is 6.26. The summed E-state index contributed by atoms with van der Waals surface area (Å²) >= 11 is 0. The number of nitrogens with two attached hydrogens (primary N) is 1. The van der Waals surface area contributed by atoms with Crippen molar-refractivity contribution in [3.05, 3.63) is 65.9 Å². The van der Waals surface area contributed by atoms with Gasteiger partial charge in [0.1, 0.15) is 30.4 Å². The van der Waals surface area contributed by atoms with Crippen molar-refractivity contribution in [2.24, 2.45) is 5.73 Å². The number of benzene rings is 2. The number of phenols is 1. The zero-order valence-corrected chi connectivity index (χ0v) is 24.8. The highest BCUT2D eigenvalue weighted by atomic mass is 16.4. The maximum absolute atomic E-state index is 14.0. The number of nitrogens with one attached hydrogen (secondary N) is 3. The minimum atomic E-state index is -1.19. The summed E-state index contributed by atoms with van der Waals surface area (Å²) in [5.74, 6) is -2.97. The fraction of sp³-hybridized carbons (Fsp3) is 0.406. The molecule has 5 rings (SSSR count). The number of para-hydroxylation sites is 1. The van der Waals surface area contributed by atoms with E-state index in [-0.39, 0.29) is 31.0 Å². The van der Waals surface area contributed by atoms with Crippen LogP contribution in [0.25, 0.3) is 10.9 Å². The van der Waals surface area contributed by atoms with E-state index < -0.39 is 54.4 Å². The van der Waals surface area contributed by atoms with Crippen molar-refractivity contribution in [3.63, 3.8) is 0 Å². The van der Waals surface area contributed by atoms with Gasteiger partial charge in [-0.2, -0.15) is 0 Å². The molecule has 3 heterocycles. The number of aromatic amines is 1. The lowest BCUT2D eigenvalue weighted by atomic mass is 10.0. The molecule has 0 radical (unpaired) electrons. The predicted octanol–water partition coefficient (Wildman–Crippen LogP) is 0.654. The number of phenolic OH excluding ortho intramolecular Hbond substituents is 1. The third-order valence-electron chi connectivity index (χ3n) is 8.51. The number of fused-ring (bicyclic) bond motifs is 1. The van der Waals surface area contributed by atoms with Gasteiger partial charge in [0.05, 0.1) is 6.04 Å². The standard InChI is InChI=1S/C32H38N6O7/c33-23(15-19-9-11-21(39)12-10-19)31(44)37-13-4-8-27(37)30(43)36-25(16-20-17-34-24-6-2-1-5-22(20)24)32(45)38-14-3-7-26(38)29(42)35-18-28(40)41/h1-2,5-6,9-12,17,23,25-27,34,39H,3-4,7-8,13-16,18,33H2,(H,35,42)(H,36,43)(H,40,41)/t23-,25-,26-,27-/m0/s1. The van der Waals surface area contributed by atoms with E-state index in [0.29, 0.717) is 32.2 Å². The first-order chi connectivity index (χ1) is 21.6. The highest BCUT2D eigenvalue weighted by molar-refractivity contribution is 5.96. The summed E-state index contributed by atoms with van der Waals surface area (Å²) in [5, 5.41) is 24.7. The summed E-state index contributed by atoms with van der Waals surface area (Å²) in [5.41, 5.74) is 8.70. The number of hydrogen-bond donors (Lipinski definition) is 6. The second-order valence-corrected chi connectivity index (χ2v) is 11.6. The molecule has 2 aromatic carbocycles. The molecule has 0 spiro atoms. The molecular formula is C32H38N6O7. The Morgan fingerprint density at radius 2 is 1.53 bits per heavy atom. The Labute approximate surface area is 259 Å². The first-order valence-corrected chi connectivity index (χ1v) is 15.1. The number of likely N-dealkylation sites (tertiary alicyclic amines) is 2. The van der Waals surface area contributed by atoms with Gasteiger partial charge in [-0.05, 0) is 61.4 Å². The van der Waals surface area contributed by atoms with E-state index in [2.05, 4.69) is 15.6 Å². The number of hydrogen-bond acceptors (Lipinski definition) is 7. The van der Waals surface area contributed by atoms with Gasteiger partial charge in [0.25, 0.3) is 0 Å². The van der Waals surface area contributed by atoms with Gasteiger partial charge in [-0.25, -0.2) is 0 Å². The number of carbonyl (C=O) groups excluding carboxylic acids is 4. The summed E-state index contributed by atoms with van der Waals surface area (Å²) in [4.78, 5) is 71.1. The molecule has 4 atom stereocenters. The number of aliphatic carboxylic acids is 1. The van der Waals surface area contributed by atoms with Crippen molar-refractivity contribution in [3.8, 4) is 5.75 Å². The van der Waals surface area contributed by atoms with Crippen LogP contribution in [0.4, 0.5) is 0 Å². The Kier molecular flexibility index (Phi) is 9.67. The van der Waals surface area contributed by atoms with Gasteiger partial charge in [0.15, 0.2) is 0 Å². The molecule has 0 bridgehead atoms. The van der Waals surface area contributed by atoms with Gasteiger partial charge in [0, 0.05) is 36.6 Å². The van der Waals surface area contributed by atoms with Crippen LogP contribution in [0.3, 0.4) is 0 Å². The zero-order chi connectivity index (χ0) is 32.1. The number of rotatable bonds is 11. The Morgan fingerprint density at radius 3 is 2.22 bits per heavy atom. The monoisotopic (exact) mass is 618 g/mol. The van der Waals surface area contributed by atoms with Crippen molar-refractivity contribution in [1.82, 2.24) is 25.4 Å². The van der Waals surface area contributed by atoms with Gasteiger partial charge >= 0.3 is 5.97 Å². The normalized spacial score (nSPS) is 19.3. The van der Waals surface area contributed by atoms with E-state index in [1.807, 2.05) is 24.3 Å². The lowest BCUT2D eigenvalue weighted by Gasteiger charge is -2.31. The van der Waals surface area contributed by atoms with Gasteiger partial charge in [-0.15, -0.1) is 0 Å². The number of amides is 4. The lowest BCUT2D eigenvalue weighted by Crippen LogP contribution is -2.58. The first-order valence-electron chi connectivity index (χ1n) is 15.1. The Morgan fingerprint density at radius 1 is 0.889 bits per heavy atom. The second-order valence-electron chi connectivity index (χ2n) is 11.6. The van der Waals surface area contributed by atoms with E-state index in [1.165, 1.54) is 21.9 Å². The largest absolute Gasteiger partial charge is 0.508 e. The number of aromatic hydroxyl groups is 1. The molecule has 4 amide bonds. The smallest absolute Gasteiger partial charge is 0.322 e. The maximum atomic E-state index is 14.0. The fourth-order valence-electron chi connectivity index (χ4n) is 6.26. The number of H-pyrrole nitrogens is 1. The van der Waals surface area contributed by atoms with Crippen LogP contribution in [0, 0.1) is 0 Å². The molecule has 238 valence electrons. The maximum Gasteiger partial charge on any atom is 0.322 e. The summed E-state index contributed by atoms with van der Waals surface area (Å²) in [7, 11) is 0. The van der Waals surface area contributed by atoms with Crippen LogP contribution in [0.2, 0.25) is 0 Å². The van der Waals surface area contributed by atoms with Crippen LogP contribution < -0.4 is 16.4 Å². The lowest BCUT2D eigenvalue weighted by molar-refractivity contribution is -0.144. The summed E-state index contributed by atoms with van der Waals surface area (Å²) in [6.07, 6.45) is 4.06. The molecule has 7 N–H and O–H groups in total. The summed E-state index contributed by atoms with van der Waals surface area (Å²) in [6, 6.07) is 10.4. The minimum absolute atomic E-state index is 0.104. The van der Waals surface area contributed by atoms with E-state index in [4.69, 9.17) is 10.8 Å².